The standard InChI is InChI=1S/C21H17ClN2O4/c1-3-4-14-9-13(6-8-18(14)25)10-16-19(26)23-21(28)24(20(16)27)15-7-5-12(2)17(22)11-15/h3,5-11,25H,1,4H2,2H3,(H,23,26,28)/b16-10-. The van der Waals surface area contributed by atoms with E-state index < -0.39 is 17.8 Å². The molecule has 7 heteroatoms. The van der Waals surface area contributed by atoms with Gasteiger partial charge in [0.2, 0.25) is 0 Å². The van der Waals surface area contributed by atoms with Crippen LogP contribution >= 0.6 is 11.6 Å². The van der Waals surface area contributed by atoms with E-state index in [0.717, 1.165) is 10.5 Å². The van der Waals surface area contributed by atoms with E-state index >= 15 is 0 Å². The molecule has 0 unspecified atom stereocenters. The van der Waals surface area contributed by atoms with Crippen LogP contribution < -0.4 is 10.2 Å². The number of carbonyl (C=O) groups excluding carboxylic acids is 3. The number of halogens is 1. The van der Waals surface area contributed by atoms with Crippen LogP contribution in [0.3, 0.4) is 0 Å². The smallest absolute Gasteiger partial charge is 0.335 e. The first-order chi connectivity index (χ1) is 13.3. The molecule has 1 aliphatic rings. The fraction of sp³-hybridized carbons (Fsp3) is 0.0952. The van der Waals surface area contributed by atoms with Gasteiger partial charge in [0.25, 0.3) is 11.8 Å². The molecule has 0 spiro atoms. The number of aryl methyl sites for hydroxylation is 1. The second-order valence-corrected chi connectivity index (χ2v) is 6.68. The van der Waals surface area contributed by atoms with Gasteiger partial charge in [-0.1, -0.05) is 29.8 Å². The number of phenols is 1. The van der Waals surface area contributed by atoms with Crippen LogP contribution in [0.5, 0.6) is 5.75 Å². The van der Waals surface area contributed by atoms with E-state index in [1.54, 1.807) is 37.3 Å². The highest BCUT2D eigenvalue weighted by Gasteiger charge is 2.36. The van der Waals surface area contributed by atoms with Crippen LogP contribution in [0.4, 0.5) is 10.5 Å². The molecule has 2 N–H and O–H groups in total. The van der Waals surface area contributed by atoms with Crippen molar-refractivity contribution in [2.75, 3.05) is 4.90 Å². The Morgan fingerprint density at radius 2 is 1.93 bits per heavy atom. The summed E-state index contributed by atoms with van der Waals surface area (Å²) in [5, 5.41) is 12.4. The molecular weight excluding hydrogens is 380 g/mol. The number of barbiturate groups is 1. The first-order valence-corrected chi connectivity index (χ1v) is 8.80. The summed E-state index contributed by atoms with van der Waals surface area (Å²) in [6.45, 7) is 5.43. The molecule has 0 saturated carbocycles. The Kier molecular flexibility index (Phi) is 5.33. The third-order valence-corrected chi connectivity index (χ3v) is 4.70. The van der Waals surface area contributed by atoms with Crippen molar-refractivity contribution in [3.63, 3.8) is 0 Å². The Labute approximate surface area is 166 Å². The Hall–Kier alpha value is -3.38. The first kappa shape index (κ1) is 19.4. The van der Waals surface area contributed by atoms with Crippen molar-refractivity contribution in [2.24, 2.45) is 0 Å². The van der Waals surface area contributed by atoms with Crippen molar-refractivity contribution < 1.29 is 19.5 Å². The van der Waals surface area contributed by atoms with Gasteiger partial charge < -0.3 is 5.11 Å². The summed E-state index contributed by atoms with van der Waals surface area (Å²) in [7, 11) is 0. The molecule has 4 amide bonds. The predicted octanol–water partition coefficient (Wildman–Crippen LogP) is 3.75. The number of hydrogen-bond donors (Lipinski definition) is 2. The quantitative estimate of drug-likeness (QED) is 0.468. The number of benzene rings is 2. The van der Waals surface area contributed by atoms with Crippen molar-refractivity contribution in [3.05, 3.63) is 76.3 Å². The zero-order valence-corrected chi connectivity index (χ0v) is 15.8. The van der Waals surface area contributed by atoms with Gasteiger partial charge in [0.1, 0.15) is 11.3 Å². The summed E-state index contributed by atoms with van der Waals surface area (Å²) in [6, 6.07) is 8.59. The number of rotatable bonds is 4. The summed E-state index contributed by atoms with van der Waals surface area (Å²) in [5.41, 5.74) is 1.98. The summed E-state index contributed by atoms with van der Waals surface area (Å²) in [5.74, 6) is -1.46. The molecule has 1 heterocycles. The number of amides is 4. The van der Waals surface area contributed by atoms with Gasteiger partial charge in [-0.15, -0.1) is 6.58 Å². The molecule has 1 aliphatic heterocycles. The average Bonchev–Trinajstić information content (AvgIpc) is 2.64. The molecule has 0 aromatic heterocycles. The van der Waals surface area contributed by atoms with Crippen molar-refractivity contribution in [1.82, 2.24) is 5.32 Å². The van der Waals surface area contributed by atoms with Gasteiger partial charge >= 0.3 is 6.03 Å². The monoisotopic (exact) mass is 396 g/mol. The molecule has 6 nitrogen and oxygen atoms in total. The van der Waals surface area contributed by atoms with E-state index in [-0.39, 0.29) is 17.0 Å². The average molecular weight is 397 g/mol. The molecule has 0 aliphatic carbocycles. The molecule has 0 radical (unpaired) electrons. The number of nitrogens with zero attached hydrogens (tertiary/aromatic N) is 1. The van der Waals surface area contributed by atoms with Crippen LogP contribution in [0.1, 0.15) is 16.7 Å². The Morgan fingerprint density at radius 3 is 2.61 bits per heavy atom. The first-order valence-electron chi connectivity index (χ1n) is 8.42. The number of aromatic hydroxyl groups is 1. The topological polar surface area (TPSA) is 86.7 Å². The lowest BCUT2D eigenvalue weighted by molar-refractivity contribution is -0.122. The Morgan fingerprint density at radius 1 is 1.18 bits per heavy atom. The molecule has 1 fully saturated rings. The second-order valence-electron chi connectivity index (χ2n) is 6.27. The number of hydrogen-bond acceptors (Lipinski definition) is 4. The largest absolute Gasteiger partial charge is 0.508 e. The van der Waals surface area contributed by atoms with E-state index in [2.05, 4.69) is 11.9 Å². The zero-order chi connectivity index (χ0) is 20.4. The lowest BCUT2D eigenvalue weighted by Gasteiger charge is -2.26. The summed E-state index contributed by atoms with van der Waals surface area (Å²) in [6.07, 6.45) is 3.43. The SMILES string of the molecule is C=CCc1cc(/C=C2/C(=O)NC(=O)N(c3ccc(C)c(Cl)c3)C2=O)ccc1O. The molecule has 2 aromatic carbocycles. The highest BCUT2D eigenvalue weighted by Crippen LogP contribution is 2.27. The lowest BCUT2D eigenvalue weighted by atomic mass is 10.0. The summed E-state index contributed by atoms with van der Waals surface area (Å²) < 4.78 is 0. The lowest BCUT2D eigenvalue weighted by Crippen LogP contribution is -2.54. The summed E-state index contributed by atoms with van der Waals surface area (Å²) in [4.78, 5) is 38.3. The number of imide groups is 2. The third-order valence-electron chi connectivity index (χ3n) is 4.29. The summed E-state index contributed by atoms with van der Waals surface area (Å²) >= 11 is 6.10. The number of allylic oxidation sites excluding steroid dienone is 1. The van der Waals surface area contributed by atoms with Crippen LogP contribution in [0.25, 0.3) is 6.08 Å². The molecule has 0 atom stereocenters. The Balaban J connectivity index is 2.02. The second kappa shape index (κ2) is 7.70. The molecule has 142 valence electrons. The maximum Gasteiger partial charge on any atom is 0.335 e. The number of nitrogens with one attached hydrogen (secondary N) is 1. The van der Waals surface area contributed by atoms with E-state index in [1.807, 2.05) is 0 Å². The van der Waals surface area contributed by atoms with Gasteiger partial charge in [-0.25, -0.2) is 9.69 Å². The minimum Gasteiger partial charge on any atom is -0.508 e. The minimum absolute atomic E-state index is 0.0903. The normalized spacial score (nSPS) is 15.7. The number of urea groups is 1. The molecule has 3 rings (SSSR count). The van der Waals surface area contributed by atoms with E-state index in [0.29, 0.717) is 22.6 Å². The van der Waals surface area contributed by atoms with Crippen molar-refractivity contribution in [3.8, 4) is 5.75 Å². The number of anilines is 1. The van der Waals surface area contributed by atoms with Gasteiger partial charge in [0.05, 0.1) is 5.69 Å². The van der Waals surface area contributed by atoms with Gasteiger partial charge in [0, 0.05) is 5.02 Å². The van der Waals surface area contributed by atoms with Crippen LogP contribution in [0.15, 0.2) is 54.6 Å². The van der Waals surface area contributed by atoms with Crippen molar-refractivity contribution in [2.45, 2.75) is 13.3 Å². The van der Waals surface area contributed by atoms with Gasteiger partial charge in [-0.05, 0) is 60.4 Å². The fourth-order valence-corrected chi connectivity index (χ4v) is 2.97. The van der Waals surface area contributed by atoms with Crippen LogP contribution in [0.2, 0.25) is 5.02 Å². The highest BCUT2D eigenvalue weighted by molar-refractivity contribution is 6.39. The maximum absolute atomic E-state index is 12.9. The molecule has 1 saturated heterocycles. The highest BCUT2D eigenvalue weighted by atomic mass is 35.5. The van der Waals surface area contributed by atoms with Gasteiger partial charge in [-0.3, -0.25) is 14.9 Å². The number of carbonyl (C=O) groups is 3. The van der Waals surface area contributed by atoms with E-state index in [1.165, 1.54) is 18.2 Å². The van der Waals surface area contributed by atoms with E-state index in [4.69, 9.17) is 11.6 Å². The molecule has 0 bridgehead atoms. The van der Waals surface area contributed by atoms with E-state index in [9.17, 15) is 19.5 Å². The molecule has 2 aromatic rings. The van der Waals surface area contributed by atoms with Crippen molar-refractivity contribution in [1.29, 1.82) is 0 Å². The molecular formula is C21H17ClN2O4. The zero-order valence-electron chi connectivity index (χ0n) is 15.0. The molecule has 28 heavy (non-hydrogen) atoms. The third kappa shape index (κ3) is 3.68. The van der Waals surface area contributed by atoms with Crippen LogP contribution in [-0.2, 0) is 16.0 Å². The minimum atomic E-state index is -0.842. The van der Waals surface area contributed by atoms with Crippen LogP contribution in [-0.4, -0.2) is 23.0 Å². The fourth-order valence-electron chi connectivity index (χ4n) is 2.79. The Bertz CT molecular complexity index is 1040. The predicted molar refractivity (Wildman–Crippen MR) is 107 cm³/mol. The maximum atomic E-state index is 12.9. The van der Waals surface area contributed by atoms with Gasteiger partial charge in [-0.2, -0.15) is 0 Å². The van der Waals surface area contributed by atoms with Gasteiger partial charge in [0.15, 0.2) is 0 Å². The van der Waals surface area contributed by atoms with Crippen LogP contribution in [0, 0.1) is 6.92 Å². The number of phenolic OH excluding ortho intramolecular Hbond substituents is 1. The van der Waals surface area contributed by atoms with Crippen molar-refractivity contribution >= 4 is 41.2 Å².